The van der Waals surface area contributed by atoms with Crippen molar-refractivity contribution in [2.24, 2.45) is 11.7 Å². The van der Waals surface area contributed by atoms with E-state index in [1.165, 1.54) is 0 Å². The molecule has 3 N–H and O–H groups in total. The van der Waals surface area contributed by atoms with Crippen molar-refractivity contribution in [3.05, 3.63) is 18.2 Å². The highest BCUT2D eigenvalue weighted by atomic mass is 16.3. The van der Waals surface area contributed by atoms with E-state index in [2.05, 4.69) is 4.98 Å². The molecule has 3 rings (SSSR count). The second-order valence-electron chi connectivity index (χ2n) is 5.32. The van der Waals surface area contributed by atoms with Crippen molar-refractivity contribution in [2.45, 2.75) is 25.0 Å². The molecule has 1 aromatic rings. The molecule has 6 nitrogen and oxygen atoms in total. The number of nitrogens with zero attached hydrogens (tertiary/aromatic N) is 3. The minimum absolute atomic E-state index is 0.101. The van der Waals surface area contributed by atoms with Gasteiger partial charge in [-0.2, -0.15) is 0 Å². The lowest BCUT2D eigenvalue weighted by Crippen LogP contribution is -2.64. The molecule has 0 radical (unpaired) electrons. The highest BCUT2D eigenvalue weighted by molar-refractivity contribution is 5.92. The number of aromatic nitrogens is 2. The summed E-state index contributed by atoms with van der Waals surface area (Å²) in [5.41, 5.74) is 5.24. The van der Waals surface area contributed by atoms with Gasteiger partial charge < -0.3 is 20.3 Å². The number of rotatable bonds is 4. The van der Waals surface area contributed by atoms with Gasteiger partial charge in [-0.15, -0.1) is 0 Å². The summed E-state index contributed by atoms with van der Waals surface area (Å²) in [6, 6.07) is 0. The average Bonchev–Trinajstić information content (AvgIpc) is 3.06. The zero-order valence-corrected chi connectivity index (χ0v) is 10.2. The summed E-state index contributed by atoms with van der Waals surface area (Å²) in [6.07, 6.45) is 5.50. The molecule has 98 valence electrons. The van der Waals surface area contributed by atoms with Crippen LogP contribution in [0.25, 0.3) is 0 Å². The van der Waals surface area contributed by atoms with Crippen LogP contribution in [-0.4, -0.2) is 50.7 Å². The summed E-state index contributed by atoms with van der Waals surface area (Å²) >= 11 is 0. The summed E-state index contributed by atoms with van der Waals surface area (Å²) in [7, 11) is 0. The molecule has 1 aliphatic carbocycles. The van der Waals surface area contributed by atoms with E-state index in [1.807, 2.05) is 0 Å². The molecule has 2 aliphatic rings. The third-order valence-electron chi connectivity index (χ3n) is 3.79. The van der Waals surface area contributed by atoms with E-state index in [0.717, 1.165) is 12.8 Å². The summed E-state index contributed by atoms with van der Waals surface area (Å²) in [4.78, 5) is 17.8. The molecule has 0 unspecified atom stereocenters. The number of carbonyl (C=O) groups is 1. The molecule has 1 amide bonds. The van der Waals surface area contributed by atoms with Crippen LogP contribution >= 0.6 is 0 Å². The first kappa shape index (κ1) is 11.7. The molecule has 1 aliphatic heterocycles. The minimum atomic E-state index is -0.629. The normalized spacial score (nSPS) is 21.8. The Balaban J connectivity index is 1.61. The standard InChI is InChI=1S/C12H18N4O2/c13-3-4-15-5-10(14-8-15)11(17)16-6-12(18,7-16)9-1-2-9/h5,8-9,18H,1-4,6-7,13H2. The predicted octanol–water partition coefficient (Wildman–Crippen LogP) is -0.561. The van der Waals surface area contributed by atoms with Crippen molar-refractivity contribution in [3.63, 3.8) is 0 Å². The van der Waals surface area contributed by atoms with E-state index in [-0.39, 0.29) is 5.91 Å². The van der Waals surface area contributed by atoms with Gasteiger partial charge in [-0.1, -0.05) is 0 Å². The summed E-state index contributed by atoms with van der Waals surface area (Å²) in [5.74, 6) is 0.299. The van der Waals surface area contributed by atoms with Crippen LogP contribution in [0, 0.1) is 5.92 Å². The van der Waals surface area contributed by atoms with E-state index < -0.39 is 5.60 Å². The maximum atomic E-state index is 12.1. The highest BCUT2D eigenvalue weighted by Crippen LogP contribution is 2.44. The molecule has 1 saturated carbocycles. The maximum absolute atomic E-state index is 12.1. The number of hydrogen-bond donors (Lipinski definition) is 2. The summed E-state index contributed by atoms with van der Waals surface area (Å²) < 4.78 is 1.81. The Morgan fingerprint density at radius 2 is 2.28 bits per heavy atom. The number of aliphatic hydroxyl groups is 1. The van der Waals surface area contributed by atoms with Gasteiger partial charge in [0.2, 0.25) is 0 Å². The molecule has 1 saturated heterocycles. The van der Waals surface area contributed by atoms with Crippen LogP contribution in [-0.2, 0) is 6.54 Å². The Hall–Kier alpha value is -1.40. The van der Waals surface area contributed by atoms with Gasteiger partial charge in [-0.3, -0.25) is 4.79 Å². The van der Waals surface area contributed by atoms with Crippen molar-refractivity contribution in [2.75, 3.05) is 19.6 Å². The van der Waals surface area contributed by atoms with Gasteiger partial charge in [0.1, 0.15) is 11.3 Å². The molecule has 1 aromatic heterocycles. The second-order valence-corrected chi connectivity index (χ2v) is 5.32. The van der Waals surface area contributed by atoms with E-state index in [1.54, 1.807) is 22.0 Å². The molecule has 0 spiro atoms. The second kappa shape index (κ2) is 4.07. The molecule has 2 heterocycles. The fourth-order valence-electron chi connectivity index (χ4n) is 2.54. The molecule has 6 heteroatoms. The van der Waals surface area contributed by atoms with Crippen LogP contribution in [0.15, 0.2) is 12.5 Å². The van der Waals surface area contributed by atoms with Gasteiger partial charge in [0.05, 0.1) is 19.4 Å². The Bertz CT molecular complexity index is 460. The first-order valence-electron chi connectivity index (χ1n) is 6.36. The lowest BCUT2D eigenvalue weighted by atomic mass is 9.88. The third-order valence-corrected chi connectivity index (χ3v) is 3.79. The van der Waals surface area contributed by atoms with E-state index in [4.69, 9.17) is 5.73 Å². The topological polar surface area (TPSA) is 84.4 Å². The molecule has 0 aromatic carbocycles. The summed E-state index contributed by atoms with van der Waals surface area (Å²) in [5, 5.41) is 10.2. The monoisotopic (exact) mass is 250 g/mol. The van der Waals surface area contributed by atoms with Crippen LogP contribution < -0.4 is 5.73 Å². The predicted molar refractivity (Wildman–Crippen MR) is 64.9 cm³/mol. The average molecular weight is 250 g/mol. The Morgan fingerprint density at radius 1 is 1.56 bits per heavy atom. The van der Waals surface area contributed by atoms with Gasteiger partial charge in [-0.25, -0.2) is 4.98 Å². The minimum Gasteiger partial charge on any atom is -0.386 e. The van der Waals surface area contributed by atoms with E-state index in [9.17, 15) is 9.90 Å². The fraction of sp³-hybridized carbons (Fsp3) is 0.667. The van der Waals surface area contributed by atoms with Crippen molar-refractivity contribution < 1.29 is 9.90 Å². The van der Waals surface area contributed by atoms with Crippen LogP contribution in [0.1, 0.15) is 23.3 Å². The fourth-order valence-corrected chi connectivity index (χ4v) is 2.54. The van der Waals surface area contributed by atoms with Gasteiger partial charge in [0, 0.05) is 19.3 Å². The van der Waals surface area contributed by atoms with Gasteiger partial charge >= 0.3 is 0 Å². The molecule has 0 atom stereocenters. The van der Waals surface area contributed by atoms with Crippen LogP contribution in [0.5, 0.6) is 0 Å². The lowest BCUT2D eigenvalue weighted by molar-refractivity contribution is -0.0959. The number of nitrogens with two attached hydrogens (primary N) is 1. The molecule has 18 heavy (non-hydrogen) atoms. The number of β-amino-alcohol motifs (C(OH)–C–C–N with tert-alkyl or cyclic N) is 1. The number of carbonyl (C=O) groups excluding carboxylic acids is 1. The Kier molecular flexibility index (Phi) is 2.64. The van der Waals surface area contributed by atoms with Gasteiger partial charge in [0.15, 0.2) is 0 Å². The Labute approximate surface area is 105 Å². The first-order chi connectivity index (χ1) is 8.62. The number of amides is 1. The lowest BCUT2D eigenvalue weighted by Gasteiger charge is -2.46. The van der Waals surface area contributed by atoms with Gasteiger partial charge in [0.25, 0.3) is 5.91 Å². The smallest absolute Gasteiger partial charge is 0.274 e. The summed E-state index contributed by atoms with van der Waals surface area (Å²) in [6.45, 7) is 2.07. The molecular formula is C12H18N4O2. The number of hydrogen-bond acceptors (Lipinski definition) is 4. The van der Waals surface area contributed by atoms with E-state index >= 15 is 0 Å². The van der Waals surface area contributed by atoms with Gasteiger partial charge in [-0.05, 0) is 18.8 Å². The first-order valence-corrected chi connectivity index (χ1v) is 6.36. The molecular weight excluding hydrogens is 232 g/mol. The highest BCUT2D eigenvalue weighted by Gasteiger charge is 2.53. The zero-order valence-electron chi connectivity index (χ0n) is 10.2. The quantitative estimate of drug-likeness (QED) is 0.750. The zero-order chi connectivity index (χ0) is 12.8. The maximum Gasteiger partial charge on any atom is 0.274 e. The van der Waals surface area contributed by atoms with Crippen LogP contribution in [0.2, 0.25) is 0 Å². The van der Waals surface area contributed by atoms with Crippen molar-refractivity contribution >= 4 is 5.91 Å². The molecule has 0 bridgehead atoms. The Morgan fingerprint density at radius 3 is 2.89 bits per heavy atom. The largest absolute Gasteiger partial charge is 0.386 e. The van der Waals surface area contributed by atoms with Crippen molar-refractivity contribution in [3.8, 4) is 0 Å². The van der Waals surface area contributed by atoms with E-state index in [0.29, 0.717) is 37.8 Å². The van der Waals surface area contributed by atoms with Crippen molar-refractivity contribution in [1.29, 1.82) is 0 Å². The number of likely N-dealkylation sites (tertiary alicyclic amines) is 1. The SMILES string of the molecule is NCCn1cnc(C(=O)N2CC(O)(C3CC3)C2)c1. The third kappa shape index (κ3) is 1.91. The molecule has 2 fully saturated rings. The van der Waals surface area contributed by atoms with Crippen LogP contribution in [0.3, 0.4) is 0 Å². The van der Waals surface area contributed by atoms with Crippen molar-refractivity contribution in [1.82, 2.24) is 14.5 Å². The van der Waals surface area contributed by atoms with Crippen LogP contribution in [0.4, 0.5) is 0 Å². The number of imidazole rings is 1.